The minimum absolute atomic E-state index is 0.0177. The summed E-state index contributed by atoms with van der Waals surface area (Å²) in [6.45, 7) is 2.45. The Hall–Kier alpha value is -3.19. The Labute approximate surface area is 156 Å². The number of hydrogen-bond donors (Lipinski definition) is 2. The molecule has 7 nitrogen and oxygen atoms in total. The molecule has 27 heavy (non-hydrogen) atoms. The molecule has 0 spiro atoms. The number of H-pyrrole nitrogens is 1. The number of fused-ring (bicyclic) bond motifs is 1. The largest absolute Gasteiger partial charge is 0.335 e. The van der Waals surface area contributed by atoms with Crippen molar-refractivity contribution in [1.29, 1.82) is 0 Å². The summed E-state index contributed by atoms with van der Waals surface area (Å²) in [5.41, 5.74) is 8.51. The Morgan fingerprint density at radius 1 is 0.926 bits per heavy atom. The molecule has 1 saturated heterocycles. The maximum atomic E-state index is 12.8. The van der Waals surface area contributed by atoms with Gasteiger partial charge in [0.05, 0.1) is 5.52 Å². The molecule has 0 radical (unpaired) electrons. The summed E-state index contributed by atoms with van der Waals surface area (Å²) < 4.78 is 0. The van der Waals surface area contributed by atoms with Gasteiger partial charge < -0.3 is 15.5 Å². The Kier molecular flexibility index (Phi) is 4.60. The van der Waals surface area contributed by atoms with Crippen LogP contribution in [0.3, 0.4) is 0 Å². The zero-order valence-corrected chi connectivity index (χ0v) is 14.9. The van der Waals surface area contributed by atoms with Gasteiger partial charge in [-0.25, -0.2) is 0 Å². The van der Waals surface area contributed by atoms with Crippen molar-refractivity contribution in [2.24, 2.45) is 5.73 Å². The summed E-state index contributed by atoms with van der Waals surface area (Å²) >= 11 is 0. The average Bonchev–Trinajstić information content (AvgIpc) is 3.17. The van der Waals surface area contributed by atoms with E-state index < -0.39 is 0 Å². The first-order valence-corrected chi connectivity index (χ1v) is 8.98. The molecule has 1 aliphatic heterocycles. The number of aromatic amines is 1. The van der Waals surface area contributed by atoms with E-state index in [0.717, 1.165) is 16.5 Å². The van der Waals surface area contributed by atoms with Crippen LogP contribution in [0.1, 0.15) is 26.4 Å². The van der Waals surface area contributed by atoms with E-state index in [0.29, 0.717) is 44.0 Å². The van der Waals surface area contributed by atoms with Gasteiger partial charge in [-0.3, -0.25) is 14.7 Å². The number of aromatic nitrogens is 2. The highest BCUT2D eigenvalue weighted by Gasteiger charge is 2.27. The molecule has 2 heterocycles. The van der Waals surface area contributed by atoms with E-state index >= 15 is 0 Å². The topological polar surface area (TPSA) is 95.3 Å². The normalized spacial score (nSPS) is 14.6. The number of nitrogens with one attached hydrogen (secondary N) is 1. The number of nitrogens with zero attached hydrogens (tertiary/aromatic N) is 3. The van der Waals surface area contributed by atoms with E-state index in [1.54, 1.807) is 21.9 Å². The molecule has 0 bridgehead atoms. The molecule has 0 unspecified atom stereocenters. The first-order chi connectivity index (χ1) is 13.2. The van der Waals surface area contributed by atoms with E-state index in [1.165, 1.54) is 0 Å². The SMILES string of the molecule is NCc1ccc(C(=O)N2CCN(C(=O)c3n[nH]c4ccccc34)CC2)cc1. The number of hydrogen-bond acceptors (Lipinski definition) is 4. The monoisotopic (exact) mass is 363 g/mol. The quantitative estimate of drug-likeness (QED) is 0.739. The van der Waals surface area contributed by atoms with Crippen LogP contribution in [0.4, 0.5) is 0 Å². The van der Waals surface area contributed by atoms with Gasteiger partial charge in [-0.1, -0.05) is 30.3 Å². The molecule has 1 aliphatic rings. The maximum Gasteiger partial charge on any atom is 0.275 e. The fraction of sp³-hybridized carbons (Fsp3) is 0.250. The van der Waals surface area contributed by atoms with Gasteiger partial charge in [0, 0.05) is 43.7 Å². The summed E-state index contributed by atoms with van der Waals surface area (Å²) in [5, 5.41) is 7.90. The van der Waals surface area contributed by atoms with E-state index in [9.17, 15) is 9.59 Å². The molecule has 7 heteroatoms. The van der Waals surface area contributed by atoms with Crippen LogP contribution < -0.4 is 5.73 Å². The van der Waals surface area contributed by atoms with Gasteiger partial charge in [-0.05, 0) is 23.8 Å². The van der Waals surface area contributed by atoms with Gasteiger partial charge in [0.15, 0.2) is 5.69 Å². The van der Waals surface area contributed by atoms with E-state index in [1.807, 2.05) is 36.4 Å². The maximum absolute atomic E-state index is 12.8. The van der Waals surface area contributed by atoms with Gasteiger partial charge in [-0.2, -0.15) is 5.10 Å². The first kappa shape index (κ1) is 17.2. The summed E-state index contributed by atoms with van der Waals surface area (Å²) in [6, 6.07) is 14.9. The molecule has 2 aromatic carbocycles. The summed E-state index contributed by atoms with van der Waals surface area (Å²) in [4.78, 5) is 29.0. The Bertz CT molecular complexity index is 971. The Morgan fingerprint density at radius 2 is 1.56 bits per heavy atom. The number of carbonyl (C=O) groups is 2. The fourth-order valence-corrected chi connectivity index (χ4v) is 3.35. The van der Waals surface area contributed by atoms with Crippen molar-refractivity contribution >= 4 is 22.7 Å². The Morgan fingerprint density at radius 3 is 2.22 bits per heavy atom. The summed E-state index contributed by atoms with van der Waals surface area (Å²) in [5.74, 6) is -0.122. The predicted molar refractivity (Wildman–Crippen MR) is 102 cm³/mol. The predicted octanol–water partition coefficient (Wildman–Crippen LogP) is 1.62. The number of amides is 2. The molecule has 3 N–H and O–H groups in total. The number of piperazine rings is 1. The molecule has 4 rings (SSSR count). The second-order valence-electron chi connectivity index (χ2n) is 6.60. The molecule has 0 aliphatic carbocycles. The van der Waals surface area contributed by atoms with Crippen molar-refractivity contribution in [1.82, 2.24) is 20.0 Å². The zero-order chi connectivity index (χ0) is 18.8. The number of benzene rings is 2. The second-order valence-corrected chi connectivity index (χ2v) is 6.60. The van der Waals surface area contributed by atoms with E-state index in [4.69, 9.17) is 5.73 Å². The van der Waals surface area contributed by atoms with E-state index in [-0.39, 0.29) is 11.8 Å². The molecule has 0 atom stereocenters. The minimum atomic E-state index is -0.105. The Balaban J connectivity index is 1.42. The molecule has 1 aromatic heterocycles. The lowest BCUT2D eigenvalue weighted by molar-refractivity contribution is 0.0533. The van der Waals surface area contributed by atoms with Crippen LogP contribution in [0.5, 0.6) is 0 Å². The lowest BCUT2D eigenvalue weighted by Gasteiger charge is -2.34. The van der Waals surface area contributed by atoms with Crippen molar-refractivity contribution in [3.05, 3.63) is 65.4 Å². The average molecular weight is 363 g/mol. The third-order valence-corrected chi connectivity index (χ3v) is 4.96. The lowest BCUT2D eigenvalue weighted by atomic mass is 10.1. The number of para-hydroxylation sites is 1. The smallest absolute Gasteiger partial charge is 0.275 e. The van der Waals surface area contributed by atoms with Gasteiger partial charge in [0.2, 0.25) is 0 Å². The van der Waals surface area contributed by atoms with E-state index in [2.05, 4.69) is 10.2 Å². The molecule has 1 fully saturated rings. The van der Waals surface area contributed by atoms with Crippen LogP contribution in [0.2, 0.25) is 0 Å². The fourth-order valence-electron chi connectivity index (χ4n) is 3.35. The van der Waals surface area contributed by atoms with Gasteiger partial charge >= 0.3 is 0 Å². The standard InChI is InChI=1S/C20H21N5O2/c21-13-14-5-7-15(8-6-14)19(26)24-9-11-25(12-10-24)20(27)18-16-3-1-2-4-17(16)22-23-18/h1-8H,9-13,21H2,(H,22,23). The first-order valence-electron chi connectivity index (χ1n) is 8.98. The highest BCUT2D eigenvalue weighted by Crippen LogP contribution is 2.18. The van der Waals surface area contributed by atoms with Crippen LogP contribution in [0, 0.1) is 0 Å². The summed E-state index contributed by atoms with van der Waals surface area (Å²) in [6.07, 6.45) is 0. The number of rotatable bonds is 3. The number of nitrogens with two attached hydrogens (primary N) is 1. The molecule has 2 amide bonds. The zero-order valence-electron chi connectivity index (χ0n) is 14.9. The molecule has 0 saturated carbocycles. The molecular formula is C20H21N5O2. The highest BCUT2D eigenvalue weighted by atomic mass is 16.2. The minimum Gasteiger partial charge on any atom is -0.335 e. The molecule has 3 aromatic rings. The van der Waals surface area contributed by atoms with Crippen molar-refractivity contribution in [3.8, 4) is 0 Å². The van der Waals surface area contributed by atoms with Gasteiger partial charge in [-0.15, -0.1) is 0 Å². The van der Waals surface area contributed by atoms with Crippen LogP contribution in [-0.2, 0) is 6.54 Å². The molecule has 138 valence electrons. The lowest BCUT2D eigenvalue weighted by Crippen LogP contribution is -2.50. The van der Waals surface area contributed by atoms with Crippen LogP contribution in [0.15, 0.2) is 48.5 Å². The van der Waals surface area contributed by atoms with Crippen molar-refractivity contribution < 1.29 is 9.59 Å². The van der Waals surface area contributed by atoms with Crippen molar-refractivity contribution in [3.63, 3.8) is 0 Å². The third-order valence-electron chi connectivity index (χ3n) is 4.96. The third kappa shape index (κ3) is 3.29. The van der Waals surface area contributed by atoms with Gasteiger partial charge in [0.25, 0.3) is 11.8 Å². The van der Waals surface area contributed by atoms with Crippen LogP contribution >= 0.6 is 0 Å². The molecular weight excluding hydrogens is 342 g/mol. The van der Waals surface area contributed by atoms with Crippen molar-refractivity contribution in [2.45, 2.75) is 6.54 Å². The second kappa shape index (κ2) is 7.20. The van der Waals surface area contributed by atoms with Gasteiger partial charge in [0.1, 0.15) is 0 Å². The van der Waals surface area contributed by atoms with Crippen LogP contribution in [-0.4, -0.2) is 58.0 Å². The highest BCUT2D eigenvalue weighted by molar-refractivity contribution is 6.04. The van der Waals surface area contributed by atoms with Crippen molar-refractivity contribution in [2.75, 3.05) is 26.2 Å². The number of carbonyl (C=O) groups excluding carboxylic acids is 2. The summed E-state index contributed by atoms with van der Waals surface area (Å²) in [7, 11) is 0. The van der Waals surface area contributed by atoms with Crippen LogP contribution in [0.25, 0.3) is 10.9 Å².